The first-order chi connectivity index (χ1) is 6.63. The highest BCUT2D eigenvalue weighted by Crippen LogP contribution is 2.10. The smallest absolute Gasteiger partial charge is 0.334 e. The fraction of sp³-hybridized carbons (Fsp3) is 0.111. The van der Waals surface area contributed by atoms with Crippen LogP contribution in [0.4, 0.5) is 4.39 Å². The fourth-order valence-electron chi connectivity index (χ4n) is 0.806. The molecule has 0 radical (unpaired) electrons. The summed E-state index contributed by atoms with van der Waals surface area (Å²) in [7, 11) is 1.18. The quantitative estimate of drug-likeness (QED) is 0.441. The molecule has 5 heteroatoms. The Morgan fingerprint density at radius 1 is 1.64 bits per heavy atom. The number of carbonyl (C=O) groups is 1. The van der Waals surface area contributed by atoms with Gasteiger partial charge in [0.25, 0.3) is 0 Å². The van der Waals surface area contributed by atoms with Gasteiger partial charge in [-0.05, 0) is 6.07 Å². The number of methoxy groups -OCH3 is 1. The van der Waals surface area contributed by atoms with E-state index in [1.54, 1.807) is 0 Å². The molecule has 4 nitrogen and oxygen atoms in total. The molecule has 0 amide bonds. The monoisotopic (exact) mass is 197 g/mol. The molecule has 1 rings (SSSR count). The van der Waals surface area contributed by atoms with Crippen LogP contribution in [0.2, 0.25) is 0 Å². The number of hydrogen-bond acceptors (Lipinski definition) is 4. The van der Waals surface area contributed by atoms with Crippen LogP contribution in [0.15, 0.2) is 24.5 Å². The highest BCUT2D eigenvalue weighted by molar-refractivity contribution is 5.89. The minimum absolute atomic E-state index is 0.121. The average Bonchev–Trinajstić information content (AvgIpc) is 2.17. The summed E-state index contributed by atoms with van der Waals surface area (Å²) >= 11 is 0. The molecule has 0 aromatic carbocycles. The van der Waals surface area contributed by atoms with E-state index in [0.29, 0.717) is 0 Å². The predicted octanol–water partition coefficient (Wildman–Crippen LogP) is 1.29. The van der Waals surface area contributed by atoms with Crippen molar-refractivity contribution in [3.05, 3.63) is 35.9 Å². The van der Waals surface area contributed by atoms with Crippen molar-refractivity contribution in [3.63, 3.8) is 0 Å². The van der Waals surface area contributed by atoms with Gasteiger partial charge in [0.15, 0.2) is 0 Å². The first kappa shape index (κ1) is 10.2. The van der Waals surface area contributed by atoms with Crippen molar-refractivity contribution in [2.75, 3.05) is 7.11 Å². The van der Waals surface area contributed by atoms with Crippen LogP contribution >= 0.6 is 0 Å². The molecule has 0 aliphatic rings. The van der Waals surface area contributed by atoms with Crippen LogP contribution in [-0.4, -0.2) is 23.2 Å². The Morgan fingerprint density at radius 3 is 2.93 bits per heavy atom. The van der Waals surface area contributed by atoms with Crippen LogP contribution < -0.4 is 0 Å². The van der Waals surface area contributed by atoms with Gasteiger partial charge in [-0.1, -0.05) is 0 Å². The van der Waals surface area contributed by atoms with Gasteiger partial charge in [-0.3, -0.25) is 4.98 Å². The molecule has 0 unspecified atom stereocenters. The number of rotatable bonds is 2. The summed E-state index contributed by atoms with van der Waals surface area (Å²) in [4.78, 5) is 14.2. The van der Waals surface area contributed by atoms with E-state index in [9.17, 15) is 14.3 Å². The van der Waals surface area contributed by atoms with Gasteiger partial charge in [0.1, 0.15) is 11.6 Å². The number of halogens is 1. The Hall–Kier alpha value is -1.91. The molecule has 0 fully saturated rings. The number of ether oxygens (including phenoxy) is 1. The van der Waals surface area contributed by atoms with Crippen molar-refractivity contribution in [2.24, 2.45) is 0 Å². The molecule has 1 heterocycles. The van der Waals surface area contributed by atoms with E-state index in [4.69, 9.17) is 0 Å². The molecule has 0 aliphatic carbocycles. The van der Waals surface area contributed by atoms with Crippen molar-refractivity contribution < 1.29 is 19.0 Å². The molecule has 0 aliphatic heterocycles. The van der Waals surface area contributed by atoms with Gasteiger partial charge < -0.3 is 9.84 Å². The third kappa shape index (κ3) is 2.55. The van der Waals surface area contributed by atoms with Gasteiger partial charge in [0.2, 0.25) is 0 Å². The Bertz CT molecular complexity index is 376. The number of nitrogens with zero attached hydrogens (tertiary/aromatic N) is 1. The second-order valence-electron chi connectivity index (χ2n) is 2.44. The maximum atomic E-state index is 12.6. The number of aliphatic hydroxyl groups excluding tert-OH is 1. The standard InChI is InChI=1S/C9H8FNO3/c1-14-9(13)3-8(12)6-2-7(10)5-11-4-6/h2-5,12H,1H3/b8-3-. The Kier molecular flexibility index (Phi) is 3.17. The molecular weight excluding hydrogens is 189 g/mol. The van der Waals surface area contributed by atoms with Crippen molar-refractivity contribution in [2.45, 2.75) is 0 Å². The molecule has 1 aromatic heterocycles. The predicted molar refractivity (Wildman–Crippen MR) is 46.8 cm³/mol. The Labute approximate surface area is 79.7 Å². The van der Waals surface area contributed by atoms with Crippen molar-refractivity contribution in [1.29, 1.82) is 0 Å². The normalized spacial score (nSPS) is 11.1. The zero-order chi connectivity index (χ0) is 10.6. The van der Waals surface area contributed by atoms with Crippen LogP contribution in [-0.2, 0) is 9.53 Å². The summed E-state index contributed by atoms with van der Waals surface area (Å²) in [6.45, 7) is 0. The first-order valence-corrected chi connectivity index (χ1v) is 3.73. The van der Waals surface area contributed by atoms with Gasteiger partial charge in [-0.25, -0.2) is 9.18 Å². The van der Waals surface area contributed by atoms with E-state index >= 15 is 0 Å². The molecule has 0 atom stereocenters. The van der Waals surface area contributed by atoms with Crippen LogP contribution in [0.1, 0.15) is 5.56 Å². The van der Waals surface area contributed by atoms with Gasteiger partial charge in [0, 0.05) is 11.8 Å². The molecular formula is C9H8FNO3. The molecule has 0 saturated heterocycles. The number of aromatic nitrogens is 1. The topological polar surface area (TPSA) is 59.4 Å². The summed E-state index contributed by atoms with van der Waals surface area (Å²) < 4.78 is 16.9. The summed E-state index contributed by atoms with van der Waals surface area (Å²) in [5.74, 6) is -1.69. The van der Waals surface area contributed by atoms with Gasteiger partial charge >= 0.3 is 5.97 Å². The average molecular weight is 197 g/mol. The van der Waals surface area contributed by atoms with Crippen LogP contribution in [0, 0.1) is 5.82 Å². The summed E-state index contributed by atoms with van der Waals surface area (Å²) in [5, 5.41) is 9.30. The van der Waals surface area contributed by atoms with E-state index in [1.165, 1.54) is 13.3 Å². The number of aliphatic hydroxyl groups is 1. The van der Waals surface area contributed by atoms with Crippen LogP contribution in [0.5, 0.6) is 0 Å². The lowest BCUT2D eigenvalue weighted by molar-refractivity contribution is -0.134. The molecule has 0 saturated carbocycles. The molecule has 0 spiro atoms. The van der Waals surface area contributed by atoms with E-state index in [0.717, 1.165) is 18.3 Å². The maximum absolute atomic E-state index is 12.6. The highest BCUT2D eigenvalue weighted by atomic mass is 19.1. The van der Waals surface area contributed by atoms with Crippen molar-refractivity contribution in [3.8, 4) is 0 Å². The second kappa shape index (κ2) is 4.36. The minimum atomic E-state index is -0.716. The molecule has 1 N–H and O–H groups in total. The summed E-state index contributed by atoms with van der Waals surface area (Å²) in [6.07, 6.45) is 3.07. The van der Waals surface area contributed by atoms with E-state index < -0.39 is 11.8 Å². The van der Waals surface area contributed by atoms with E-state index in [2.05, 4.69) is 9.72 Å². The van der Waals surface area contributed by atoms with Gasteiger partial charge in [0.05, 0.1) is 19.4 Å². The fourth-order valence-corrected chi connectivity index (χ4v) is 0.806. The van der Waals surface area contributed by atoms with Crippen LogP contribution in [0.25, 0.3) is 5.76 Å². The van der Waals surface area contributed by atoms with Crippen molar-refractivity contribution >= 4 is 11.7 Å². The lowest BCUT2D eigenvalue weighted by Gasteiger charge is -1.98. The summed E-state index contributed by atoms with van der Waals surface area (Å²) in [5.41, 5.74) is 0.121. The molecule has 0 bridgehead atoms. The molecule has 1 aromatic rings. The summed E-state index contributed by atoms with van der Waals surface area (Å²) in [6, 6.07) is 1.06. The van der Waals surface area contributed by atoms with Gasteiger partial charge in [-0.15, -0.1) is 0 Å². The maximum Gasteiger partial charge on any atom is 0.334 e. The third-order valence-corrected chi connectivity index (χ3v) is 1.46. The van der Waals surface area contributed by atoms with Gasteiger partial charge in [-0.2, -0.15) is 0 Å². The Balaban J connectivity index is 2.94. The second-order valence-corrected chi connectivity index (χ2v) is 2.44. The number of pyridine rings is 1. The zero-order valence-electron chi connectivity index (χ0n) is 7.40. The first-order valence-electron chi connectivity index (χ1n) is 3.73. The SMILES string of the molecule is COC(=O)/C=C(\O)c1cncc(F)c1. The lowest BCUT2D eigenvalue weighted by atomic mass is 10.2. The number of carbonyl (C=O) groups excluding carboxylic acids is 1. The third-order valence-electron chi connectivity index (χ3n) is 1.46. The molecule has 74 valence electrons. The number of esters is 1. The zero-order valence-corrected chi connectivity index (χ0v) is 7.40. The van der Waals surface area contributed by atoms with E-state index in [-0.39, 0.29) is 11.3 Å². The number of hydrogen-bond donors (Lipinski definition) is 1. The Morgan fingerprint density at radius 2 is 2.36 bits per heavy atom. The van der Waals surface area contributed by atoms with Crippen LogP contribution in [0.3, 0.4) is 0 Å². The largest absolute Gasteiger partial charge is 0.507 e. The highest BCUT2D eigenvalue weighted by Gasteiger charge is 2.04. The lowest BCUT2D eigenvalue weighted by Crippen LogP contribution is -1.97. The molecule has 14 heavy (non-hydrogen) atoms. The minimum Gasteiger partial charge on any atom is -0.507 e. The van der Waals surface area contributed by atoms with Crippen molar-refractivity contribution in [1.82, 2.24) is 4.98 Å². The van der Waals surface area contributed by atoms with E-state index in [1.807, 2.05) is 0 Å².